The highest BCUT2D eigenvalue weighted by Crippen LogP contribution is 2.19. The van der Waals surface area contributed by atoms with Gasteiger partial charge in [0.1, 0.15) is 11.9 Å². The Balaban J connectivity index is 1.76. The van der Waals surface area contributed by atoms with Gasteiger partial charge in [-0.25, -0.2) is 9.97 Å². The van der Waals surface area contributed by atoms with Gasteiger partial charge in [-0.1, -0.05) is 0 Å². The summed E-state index contributed by atoms with van der Waals surface area (Å²) in [6.07, 6.45) is 2.76. The topological polar surface area (TPSA) is 150 Å². The van der Waals surface area contributed by atoms with Gasteiger partial charge in [-0.05, 0) is 0 Å². The molecule has 0 aromatic carbocycles. The third kappa shape index (κ3) is 4.84. The van der Waals surface area contributed by atoms with Crippen molar-refractivity contribution in [3.8, 4) is 6.07 Å². The number of amides is 1. The minimum atomic E-state index is -0.350. The predicted octanol–water partition coefficient (Wildman–Crippen LogP) is -0.358. The number of carbonyl (C=O) groups excluding carboxylic acids is 1. The molecule has 0 aliphatic carbocycles. The molecule has 0 saturated carbocycles. The molecule has 2 aromatic rings. The molecule has 1 saturated heterocycles. The average molecular weight is 369 g/mol. The summed E-state index contributed by atoms with van der Waals surface area (Å²) in [4.78, 5) is 20.1. The van der Waals surface area contributed by atoms with Gasteiger partial charge in [0.15, 0.2) is 17.2 Å². The highest BCUT2D eigenvalue weighted by molar-refractivity contribution is 5.97. The molecule has 0 bridgehead atoms. The van der Waals surface area contributed by atoms with Crippen LogP contribution in [0.1, 0.15) is 16.2 Å². The van der Waals surface area contributed by atoms with Crippen LogP contribution in [0.2, 0.25) is 0 Å². The Morgan fingerprint density at radius 2 is 2.26 bits per heavy atom. The van der Waals surface area contributed by atoms with Gasteiger partial charge in [0.05, 0.1) is 30.8 Å². The van der Waals surface area contributed by atoms with E-state index in [1.54, 1.807) is 6.07 Å². The van der Waals surface area contributed by atoms with Gasteiger partial charge >= 0.3 is 0 Å². The summed E-state index contributed by atoms with van der Waals surface area (Å²) in [6.45, 7) is 2.72. The van der Waals surface area contributed by atoms with E-state index in [1.807, 2.05) is 6.07 Å². The van der Waals surface area contributed by atoms with Gasteiger partial charge in [0, 0.05) is 32.7 Å². The molecule has 140 valence electrons. The monoisotopic (exact) mass is 369 g/mol. The summed E-state index contributed by atoms with van der Waals surface area (Å²) in [5, 5.41) is 28.7. The SMILES string of the molecule is CNC(=O)c1nnc(Nc2cnc(C#N)cn2)cc1NC[C@H]1CNCCO1. The molecular formula is C16H19N9O2. The molecule has 27 heavy (non-hydrogen) atoms. The van der Waals surface area contributed by atoms with Crippen LogP contribution in [0, 0.1) is 11.3 Å². The maximum atomic E-state index is 12.1. The lowest BCUT2D eigenvalue weighted by Crippen LogP contribution is -2.42. The first kappa shape index (κ1) is 18.4. The van der Waals surface area contributed by atoms with E-state index >= 15 is 0 Å². The maximum Gasteiger partial charge on any atom is 0.273 e. The fourth-order valence-corrected chi connectivity index (χ4v) is 2.43. The number of anilines is 3. The Morgan fingerprint density at radius 1 is 1.37 bits per heavy atom. The molecule has 3 rings (SSSR count). The van der Waals surface area contributed by atoms with Gasteiger partial charge in [-0.15, -0.1) is 10.2 Å². The van der Waals surface area contributed by atoms with E-state index in [2.05, 4.69) is 41.4 Å². The molecule has 4 N–H and O–H groups in total. The van der Waals surface area contributed by atoms with Crippen molar-refractivity contribution in [1.82, 2.24) is 30.8 Å². The number of hydrogen-bond donors (Lipinski definition) is 4. The van der Waals surface area contributed by atoms with Gasteiger partial charge < -0.3 is 26.0 Å². The molecule has 11 heteroatoms. The molecule has 1 aliphatic rings. The summed E-state index contributed by atoms with van der Waals surface area (Å²) in [5.41, 5.74) is 0.908. The van der Waals surface area contributed by atoms with Crippen LogP contribution in [-0.2, 0) is 4.74 Å². The summed E-state index contributed by atoms with van der Waals surface area (Å²) in [6, 6.07) is 3.56. The average Bonchev–Trinajstić information content (AvgIpc) is 2.73. The second-order valence-corrected chi connectivity index (χ2v) is 5.67. The van der Waals surface area contributed by atoms with Crippen LogP contribution in [-0.4, -0.2) is 65.5 Å². The number of carbonyl (C=O) groups is 1. The fraction of sp³-hybridized carbons (Fsp3) is 0.375. The van der Waals surface area contributed by atoms with E-state index in [0.29, 0.717) is 30.5 Å². The van der Waals surface area contributed by atoms with Crippen molar-refractivity contribution in [2.75, 3.05) is 43.9 Å². The predicted molar refractivity (Wildman–Crippen MR) is 96.6 cm³/mol. The van der Waals surface area contributed by atoms with Crippen LogP contribution in [0.3, 0.4) is 0 Å². The maximum absolute atomic E-state index is 12.1. The van der Waals surface area contributed by atoms with E-state index in [9.17, 15) is 4.79 Å². The number of morpholine rings is 1. The second-order valence-electron chi connectivity index (χ2n) is 5.67. The fourth-order valence-electron chi connectivity index (χ4n) is 2.43. The lowest BCUT2D eigenvalue weighted by Gasteiger charge is -2.24. The standard InChI is InChI=1S/C16H19N9O2/c1-18-16(26)15-12(21-8-11-7-19-2-3-27-11)4-13(24-25-15)23-14-9-20-10(5-17)6-22-14/h4,6,9,11,19H,2-3,7-8H2,1H3,(H,18,26)(H2,21,22,23,24)/t11-/m1/s1. The first-order valence-electron chi connectivity index (χ1n) is 8.34. The zero-order chi connectivity index (χ0) is 19.1. The molecule has 1 amide bonds. The first-order valence-corrected chi connectivity index (χ1v) is 8.34. The third-order valence-corrected chi connectivity index (χ3v) is 3.78. The number of hydrogen-bond acceptors (Lipinski definition) is 10. The Hall–Kier alpha value is -3.36. The minimum Gasteiger partial charge on any atom is -0.380 e. The third-order valence-electron chi connectivity index (χ3n) is 3.78. The van der Waals surface area contributed by atoms with Gasteiger partial charge in [0.25, 0.3) is 5.91 Å². The molecule has 1 aliphatic heterocycles. The van der Waals surface area contributed by atoms with Crippen molar-refractivity contribution in [2.45, 2.75) is 6.10 Å². The quantitative estimate of drug-likeness (QED) is 0.531. The van der Waals surface area contributed by atoms with E-state index in [1.165, 1.54) is 19.4 Å². The van der Waals surface area contributed by atoms with Crippen LogP contribution in [0.5, 0.6) is 0 Å². The number of aromatic nitrogens is 4. The minimum absolute atomic E-state index is 0.00902. The highest BCUT2D eigenvalue weighted by Gasteiger charge is 2.18. The molecule has 0 unspecified atom stereocenters. The van der Waals surface area contributed by atoms with Crippen molar-refractivity contribution in [2.24, 2.45) is 0 Å². The molecule has 3 heterocycles. The zero-order valence-corrected chi connectivity index (χ0v) is 14.7. The van der Waals surface area contributed by atoms with Crippen molar-refractivity contribution >= 4 is 23.2 Å². The van der Waals surface area contributed by atoms with E-state index in [4.69, 9.17) is 10.00 Å². The molecule has 1 fully saturated rings. The molecule has 0 spiro atoms. The summed E-state index contributed by atoms with van der Waals surface area (Å²) in [5.74, 6) is 0.436. The number of ether oxygens (including phenoxy) is 1. The second kappa shape index (κ2) is 8.84. The van der Waals surface area contributed by atoms with Crippen LogP contribution in [0.4, 0.5) is 17.3 Å². The van der Waals surface area contributed by atoms with Crippen LogP contribution in [0.15, 0.2) is 18.5 Å². The summed E-state index contributed by atoms with van der Waals surface area (Å²) in [7, 11) is 1.53. The van der Waals surface area contributed by atoms with Crippen molar-refractivity contribution in [1.29, 1.82) is 5.26 Å². The first-order chi connectivity index (χ1) is 13.2. The Bertz CT molecular complexity index is 829. The van der Waals surface area contributed by atoms with Crippen LogP contribution < -0.4 is 21.3 Å². The Morgan fingerprint density at radius 3 is 2.93 bits per heavy atom. The summed E-state index contributed by atoms with van der Waals surface area (Å²) < 4.78 is 5.65. The van der Waals surface area contributed by atoms with E-state index in [0.717, 1.165) is 13.1 Å². The number of nitrogens with one attached hydrogen (secondary N) is 4. The summed E-state index contributed by atoms with van der Waals surface area (Å²) >= 11 is 0. The number of nitrogens with zero attached hydrogens (tertiary/aromatic N) is 5. The molecular weight excluding hydrogens is 350 g/mol. The molecule has 2 aromatic heterocycles. The van der Waals surface area contributed by atoms with Crippen molar-refractivity contribution in [3.05, 3.63) is 29.8 Å². The van der Waals surface area contributed by atoms with Gasteiger partial charge in [0.2, 0.25) is 0 Å². The van der Waals surface area contributed by atoms with Crippen molar-refractivity contribution in [3.63, 3.8) is 0 Å². The Labute approximate surface area is 155 Å². The Kier molecular flexibility index (Phi) is 6.03. The normalized spacial score (nSPS) is 16.2. The number of nitriles is 1. The highest BCUT2D eigenvalue weighted by atomic mass is 16.5. The zero-order valence-electron chi connectivity index (χ0n) is 14.7. The van der Waals surface area contributed by atoms with Crippen LogP contribution >= 0.6 is 0 Å². The van der Waals surface area contributed by atoms with Crippen LogP contribution in [0.25, 0.3) is 0 Å². The molecule has 0 radical (unpaired) electrons. The van der Waals surface area contributed by atoms with E-state index < -0.39 is 0 Å². The molecule has 1 atom stereocenters. The smallest absolute Gasteiger partial charge is 0.273 e. The number of rotatable bonds is 6. The lowest BCUT2D eigenvalue weighted by atomic mass is 10.2. The lowest BCUT2D eigenvalue weighted by molar-refractivity contribution is 0.0372. The van der Waals surface area contributed by atoms with Crippen molar-refractivity contribution < 1.29 is 9.53 Å². The van der Waals surface area contributed by atoms with Gasteiger partial charge in [-0.3, -0.25) is 4.79 Å². The molecule has 11 nitrogen and oxygen atoms in total. The largest absolute Gasteiger partial charge is 0.380 e. The van der Waals surface area contributed by atoms with E-state index in [-0.39, 0.29) is 23.4 Å². The van der Waals surface area contributed by atoms with Gasteiger partial charge in [-0.2, -0.15) is 5.26 Å².